The highest BCUT2D eigenvalue weighted by atomic mass is 32.1. The van der Waals surface area contributed by atoms with Crippen LogP contribution in [0.15, 0.2) is 105 Å². The molecule has 0 aliphatic carbocycles. The van der Waals surface area contributed by atoms with Crippen LogP contribution in [0.2, 0.25) is 0 Å². The highest BCUT2D eigenvalue weighted by Crippen LogP contribution is 2.30. The van der Waals surface area contributed by atoms with E-state index < -0.39 is 6.17 Å². The van der Waals surface area contributed by atoms with Gasteiger partial charge < -0.3 is 0 Å². The zero-order chi connectivity index (χ0) is 17.6. The molecular weight excluding hydrogens is 342 g/mol. The Bertz CT molecular complexity index is 1010. The summed E-state index contributed by atoms with van der Waals surface area (Å²) in [5.74, 6) is 0. The van der Waals surface area contributed by atoms with E-state index in [0.29, 0.717) is 5.13 Å². The van der Waals surface area contributed by atoms with Gasteiger partial charge in [0.25, 0.3) is 0 Å². The van der Waals surface area contributed by atoms with Crippen LogP contribution in [0.1, 0.15) is 11.7 Å². The van der Waals surface area contributed by atoms with Crippen LogP contribution in [0.3, 0.4) is 0 Å². The molecule has 5 nitrogen and oxygen atoms in total. The zero-order valence-corrected chi connectivity index (χ0v) is 14.6. The van der Waals surface area contributed by atoms with E-state index in [1.165, 1.54) is 11.3 Å². The van der Waals surface area contributed by atoms with Gasteiger partial charge in [0.2, 0.25) is 11.3 Å². The molecular formula is C20H15N5S. The molecule has 1 unspecified atom stereocenters. The second-order valence-corrected chi connectivity index (χ2v) is 6.52. The molecule has 0 aliphatic heterocycles. The number of benzene rings is 3. The molecule has 0 amide bonds. The van der Waals surface area contributed by atoms with Gasteiger partial charge in [-0.2, -0.15) is 15.3 Å². The molecule has 0 saturated heterocycles. The summed E-state index contributed by atoms with van der Waals surface area (Å²) < 4.78 is 1.09. The molecule has 3 aromatic carbocycles. The molecule has 0 bridgehead atoms. The minimum atomic E-state index is -0.511. The van der Waals surface area contributed by atoms with Gasteiger partial charge >= 0.3 is 0 Å². The smallest absolute Gasteiger partial charge is 0.217 e. The van der Waals surface area contributed by atoms with E-state index >= 15 is 0 Å². The van der Waals surface area contributed by atoms with Crippen LogP contribution in [0, 0.1) is 0 Å². The third kappa shape index (κ3) is 3.87. The summed E-state index contributed by atoms with van der Waals surface area (Å²) in [6.45, 7) is 0. The quantitative estimate of drug-likeness (QED) is 0.360. The third-order valence-electron chi connectivity index (χ3n) is 3.67. The molecule has 4 aromatic rings. The highest BCUT2D eigenvalue weighted by molar-refractivity contribution is 7.21. The monoisotopic (exact) mass is 357 g/mol. The van der Waals surface area contributed by atoms with Crippen LogP contribution in [-0.4, -0.2) is 4.98 Å². The number of rotatable bonds is 5. The fourth-order valence-electron chi connectivity index (χ4n) is 2.40. The molecule has 6 heteroatoms. The molecule has 126 valence electrons. The lowest BCUT2D eigenvalue weighted by molar-refractivity contribution is 0.689. The van der Waals surface area contributed by atoms with Crippen molar-refractivity contribution < 1.29 is 0 Å². The number of azo groups is 2. The number of thiazole rings is 1. The normalized spacial score (nSPS) is 12.9. The Kier molecular flexibility index (Phi) is 4.84. The molecule has 1 atom stereocenters. The summed E-state index contributed by atoms with van der Waals surface area (Å²) in [7, 11) is 0. The SMILES string of the molecule is c1ccc(N=NC(N=Nc2nc3ccccc3s2)c2ccccc2)cc1. The predicted molar refractivity (Wildman–Crippen MR) is 104 cm³/mol. The van der Waals surface area contributed by atoms with Gasteiger partial charge in [0.1, 0.15) is 0 Å². The molecule has 4 rings (SSSR count). The van der Waals surface area contributed by atoms with Gasteiger partial charge in [-0.25, -0.2) is 4.98 Å². The Balaban J connectivity index is 1.63. The first kappa shape index (κ1) is 16.2. The fraction of sp³-hybridized carbons (Fsp3) is 0.0500. The maximum Gasteiger partial charge on any atom is 0.230 e. The minimum absolute atomic E-state index is 0.511. The summed E-state index contributed by atoms with van der Waals surface area (Å²) in [5, 5.41) is 18.0. The maximum atomic E-state index is 4.48. The molecule has 1 heterocycles. The van der Waals surface area contributed by atoms with Crippen LogP contribution in [0.4, 0.5) is 10.8 Å². The summed E-state index contributed by atoms with van der Waals surface area (Å²) in [6, 6.07) is 27.3. The van der Waals surface area contributed by atoms with Gasteiger partial charge in [-0.3, -0.25) is 0 Å². The Morgan fingerprint density at radius 2 is 1.35 bits per heavy atom. The van der Waals surface area contributed by atoms with Gasteiger partial charge in [-0.1, -0.05) is 72.0 Å². The Hall–Kier alpha value is -3.25. The molecule has 26 heavy (non-hydrogen) atoms. The first-order valence-electron chi connectivity index (χ1n) is 8.16. The third-order valence-corrected chi connectivity index (χ3v) is 4.59. The number of hydrogen-bond donors (Lipinski definition) is 0. The van der Waals surface area contributed by atoms with E-state index in [0.717, 1.165) is 21.5 Å². The van der Waals surface area contributed by atoms with Gasteiger partial charge in [0, 0.05) is 5.56 Å². The van der Waals surface area contributed by atoms with Crippen molar-refractivity contribution >= 4 is 32.4 Å². The standard InChI is InChI=1S/C20H15N5S/c1-3-9-15(10-4-1)19(23-22-16-11-5-2-6-12-16)24-25-20-21-17-13-7-8-14-18(17)26-20/h1-14,19H. The van der Waals surface area contributed by atoms with Crippen molar-refractivity contribution in [1.29, 1.82) is 0 Å². The number of fused-ring (bicyclic) bond motifs is 1. The topological polar surface area (TPSA) is 62.3 Å². The van der Waals surface area contributed by atoms with Gasteiger partial charge in [0.05, 0.1) is 15.9 Å². The minimum Gasteiger partial charge on any atom is -0.217 e. The first-order chi connectivity index (χ1) is 12.9. The predicted octanol–water partition coefficient (Wildman–Crippen LogP) is 6.86. The molecule has 0 radical (unpaired) electrons. The molecule has 0 fully saturated rings. The van der Waals surface area contributed by atoms with Crippen molar-refractivity contribution in [2.75, 3.05) is 0 Å². The number of para-hydroxylation sites is 1. The van der Waals surface area contributed by atoms with Crippen molar-refractivity contribution in [2.24, 2.45) is 20.5 Å². The number of nitrogens with zero attached hydrogens (tertiary/aromatic N) is 5. The lowest BCUT2D eigenvalue weighted by Gasteiger charge is -2.04. The van der Waals surface area contributed by atoms with E-state index in [-0.39, 0.29) is 0 Å². The average molecular weight is 357 g/mol. The van der Waals surface area contributed by atoms with Crippen LogP contribution in [0.5, 0.6) is 0 Å². The lowest BCUT2D eigenvalue weighted by atomic mass is 10.2. The van der Waals surface area contributed by atoms with Crippen molar-refractivity contribution in [1.82, 2.24) is 4.98 Å². The second kappa shape index (κ2) is 7.76. The van der Waals surface area contributed by atoms with Crippen LogP contribution in [-0.2, 0) is 0 Å². The average Bonchev–Trinajstić information content (AvgIpc) is 3.12. The van der Waals surface area contributed by atoms with E-state index in [2.05, 4.69) is 25.4 Å². The van der Waals surface area contributed by atoms with Crippen molar-refractivity contribution in [3.63, 3.8) is 0 Å². The number of aromatic nitrogens is 1. The Labute approximate surface area is 154 Å². The number of hydrogen-bond acceptors (Lipinski definition) is 6. The van der Waals surface area contributed by atoms with Gasteiger partial charge in [-0.15, -0.1) is 5.11 Å². The van der Waals surface area contributed by atoms with Gasteiger partial charge in [-0.05, 0) is 24.3 Å². The Morgan fingerprint density at radius 1 is 0.692 bits per heavy atom. The fourth-order valence-corrected chi connectivity index (χ4v) is 3.20. The van der Waals surface area contributed by atoms with Gasteiger partial charge in [0.15, 0.2) is 0 Å². The molecule has 0 saturated carbocycles. The summed E-state index contributed by atoms with van der Waals surface area (Å²) in [4.78, 5) is 4.48. The Morgan fingerprint density at radius 3 is 2.12 bits per heavy atom. The van der Waals surface area contributed by atoms with Crippen LogP contribution < -0.4 is 0 Å². The van der Waals surface area contributed by atoms with Crippen molar-refractivity contribution in [2.45, 2.75) is 6.17 Å². The van der Waals surface area contributed by atoms with E-state index in [9.17, 15) is 0 Å². The van der Waals surface area contributed by atoms with E-state index in [1.54, 1.807) is 0 Å². The van der Waals surface area contributed by atoms with E-state index in [1.807, 2.05) is 84.9 Å². The summed E-state index contributed by atoms with van der Waals surface area (Å²) >= 11 is 1.51. The molecule has 0 N–H and O–H groups in total. The largest absolute Gasteiger partial charge is 0.230 e. The summed E-state index contributed by atoms with van der Waals surface area (Å²) in [5.41, 5.74) is 2.63. The molecule has 0 spiro atoms. The van der Waals surface area contributed by atoms with Crippen LogP contribution in [0.25, 0.3) is 10.2 Å². The molecule has 1 aromatic heterocycles. The highest BCUT2D eigenvalue weighted by Gasteiger charge is 2.09. The van der Waals surface area contributed by atoms with Crippen LogP contribution >= 0.6 is 11.3 Å². The van der Waals surface area contributed by atoms with Crippen molar-refractivity contribution in [3.05, 3.63) is 90.5 Å². The first-order valence-corrected chi connectivity index (χ1v) is 8.97. The zero-order valence-electron chi connectivity index (χ0n) is 13.8. The van der Waals surface area contributed by atoms with Crippen molar-refractivity contribution in [3.8, 4) is 0 Å². The molecule has 0 aliphatic rings. The lowest BCUT2D eigenvalue weighted by Crippen LogP contribution is -1.89. The maximum absolute atomic E-state index is 4.48. The summed E-state index contributed by atoms with van der Waals surface area (Å²) in [6.07, 6.45) is -0.511. The van der Waals surface area contributed by atoms with E-state index in [4.69, 9.17) is 0 Å². The second-order valence-electron chi connectivity index (χ2n) is 5.52.